The van der Waals surface area contributed by atoms with E-state index in [1.54, 1.807) is 4.68 Å². The van der Waals surface area contributed by atoms with Crippen molar-refractivity contribution in [3.8, 4) is 0 Å². The number of aromatic nitrogens is 2. The lowest BCUT2D eigenvalue weighted by Gasteiger charge is -2.11. The van der Waals surface area contributed by atoms with E-state index in [0.717, 1.165) is 21.4 Å². The monoisotopic (exact) mass is 342 g/mol. The van der Waals surface area contributed by atoms with Gasteiger partial charge in [-0.05, 0) is 31.0 Å². The molecule has 1 N–H and O–H groups in total. The summed E-state index contributed by atoms with van der Waals surface area (Å²) in [5.74, 6) is 0. The van der Waals surface area contributed by atoms with Crippen molar-refractivity contribution in [2.24, 2.45) is 7.05 Å². The van der Waals surface area contributed by atoms with Gasteiger partial charge in [0.1, 0.15) is 0 Å². The molecule has 0 saturated carbocycles. The Balaban J connectivity index is 2.07. The molecule has 0 amide bonds. The summed E-state index contributed by atoms with van der Waals surface area (Å²) in [7, 11) is 1.85. The minimum Gasteiger partial charge on any atom is -0.392 e. The molecule has 3 nitrogen and oxygen atoms in total. The van der Waals surface area contributed by atoms with Crippen LogP contribution < -0.4 is 0 Å². The van der Waals surface area contributed by atoms with Gasteiger partial charge >= 0.3 is 0 Å². The molecule has 2 rings (SSSR count). The van der Waals surface area contributed by atoms with Crippen molar-refractivity contribution in [1.82, 2.24) is 9.78 Å². The summed E-state index contributed by atoms with van der Waals surface area (Å²) in [6.07, 6.45) is 0.629. The number of rotatable bonds is 4. The lowest BCUT2D eigenvalue weighted by molar-refractivity contribution is 0.173. The summed E-state index contributed by atoms with van der Waals surface area (Å²) in [6.45, 7) is 1.87. The summed E-state index contributed by atoms with van der Waals surface area (Å²) in [5, 5.41) is 15.1. The first-order chi connectivity index (χ1) is 8.97. The predicted molar refractivity (Wildman–Crippen MR) is 80.5 cm³/mol. The maximum atomic E-state index is 10.2. The van der Waals surface area contributed by atoms with Crippen molar-refractivity contribution in [2.75, 3.05) is 0 Å². The minimum atomic E-state index is -0.471. The molecule has 0 aliphatic heterocycles. The van der Waals surface area contributed by atoms with Crippen molar-refractivity contribution in [1.29, 1.82) is 0 Å². The summed E-state index contributed by atoms with van der Waals surface area (Å²) in [6, 6.07) is 7.95. The summed E-state index contributed by atoms with van der Waals surface area (Å²) < 4.78 is 2.76. The van der Waals surface area contributed by atoms with Gasteiger partial charge < -0.3 is 5.11 Å². The number of benzene rings is 1. The smallest absolute Gasteiger partial charge is 0.0847 e. The van der Waals surface area contributed by atoms with Crippen LogP contribution in [-0.2, 0) is 19.9 Å². The third-order valence-electron chi connectivity index (χ3n) is 3.05. The van der Waals surface area contributed by atoms with Crippen molar-refractivity contribution in [2.45, 2.75) is 25.9 Å². The van der Waals surface area contributed by atoms with Gasteiger partial charge in [0.2, 0.25) is 0 Å². The number of aryl methyl sites for hydroxylation is 2. The lowest BCUT2D eigenvalue weighted by atomic mass is 10.0. The highest BCUT2D eigenvalue weighted by atomic mass is 79.9. The standard InChI is InChI=1S/C14H16BrClN2O/c1-9-14(16)13(18(2)17-9)8-12(19)7-10-4-3-5-11(15)6-10/h3-6,12,19H,7-8H2,1-2H3. The van der Waals surface area contributed by atoms with Crippen LogP contribution in [0.3, 0.4) is 0 Å². The van der Waals surface area contributed by atoms with Gasteiger partial charge in [-0.15, -0.1) is 0 Å². The molecule has 0 saturated heterocycles. The van der Waals surface area contributed by atoms with Gasteiger partial charge in [-0.25, -0.2) is 0 Å². The molecule has 0 aliphatic rings. The van der Waals surface area contributed by atoms with Crippen LogP contribution in [0.1, 0.15) is 17.0 Å². The van der Waals surface area contributed by atoms with Crippen LogP contribution >= 0.6 is 27.5 Å². The Hall–Kier alpha value is -0.840. The Kier molecular flexibility index (Phi) is 4.66. The molecule has 0 fully saturated rings. The zero-order chi connectivity index (χ0) is 14.0. The van der Waals surface area contributed by atoms with Crippen LogP contribution in [0.4, 0.5) is 0 Å². The van der Waals surface area contributed by atoms with Crippen LogP contribution in [0.25, 0.3) is 0 Å². The lowest BCUT2D eigenvalue weighted by Crippen LogP contribution is -2.16. The Bertz CT molecular complexity index is 583. The first kappa shape index (κ1) is 14.6. The van der Waals surface area contributed by atoms with Crippen LogP contribution in [0.2, 0.25) is 5.02 Å². The third-order valence-corrected chi connectivity index (χ3v) is 4.04. The van der Waals surface area contributed by atoms with Crippen LogP contribution in [0.5, 0.6) is 0 Å². The van der Waals surface area contributed by atoms with Gasteiger partial charge in [0.05, 0.1) is 22.5 Å². The van der Waals surface area contributed by atoms with Gasteiger partial charge in [-0.3, -0.25) is 4.68 Å². The van der Waals surface area contributed by atoms with Gasteiger partial charge in [-0.1, -0.05) is 39.7 Å². The minimum absolute atomic E-state index is 0.471. The normalized spacial score (nSPS) is 12.7. The number of aliphatic hydroxyl groups excluding tert-OH is 1. The number of nitrogens with zero attached hydrogens (tertiary/aromatic N) is 2. The molecular formula is C14H16BrClN2O. The highest BCUT2D eigenvalue weighted by molar-refractivity contribution is 9.10. The molecular weight excluding hydrogens is 328 g/mol. The maximum Gasteiger partial charge on any atom is 0.0847 e. The van der Waals surface area contributed by atoms with E-state index in [9.17, 15) is 5.11 Å². The number of aliphatic hydroxyl groups is 1. The molecule has 1 aromatic heterocycles. The summed E-state index contributed by atoms with van der Waals surface area (Å²) in [5.41, 5.74) is 2.77. The fraction of sp³-hybridized carbons (Fsp3) is 0.357. The van der Waals surface area contributed by atoms with E-state index in [2.05, 4.69) is 21.0 Å². The van der Waals surface area contributed by atoms with Crippen LogP contribution in [0.15, 0.2) is 28.7 Å². The third kappa shape index (κ3) is 3.59. The Morgan fingerprint density at radius 3 is 2.74 bits per heavy atom. The van der Waals surface area contributed by atoms with Gasteiger partial charge in [0.15, 0.2) is 0 Å². The molecule has 1 aromatic carbocycles. The zero-order valence-electron chi connectivity index (χ0n) is 10.9. The van der Waals surface area contributed by atoms with Gasteiger partial charge in [0, 0.05) is 17.9 Å². The molecule has 0 spiro atoms. The van der Waals surface area contributed by atoms with E-state index in [4.69, 9.17) is 11.6 Å². The Morgan fingerprint density at radius 2 is 2.16 bits per heavy atom. The SMILES string of the molecule is Cc1nn(C)c(CC(O)Cc2cccc(Br)c2)c1Cl. The highest BCUT2D eigenvalue weighted by Crippen LogP contribution is 2.22. The first-order valence-electron chi connectivity index (χ1n) is 6.08. The molecule has 19 heavy (non-hydrogen) atoms. The highest BCUT2D eigenvalue weighted by Gasteiger charge is 2.15. The molecule has 2 aromatic rings. The molecule has 0 bridgehead atoms. The fourth-order valence-electron chi connectivity index (χ4n) is 2.13. The van der Waals surface area contributed by atoms with E-state index < -0.39 is 6.10 Å². The molecule has 1 heterocycles. The second-order valence-electron chi connectivity index (χ2n) is 4.66. The van der Waals surface area contributed by atoms with E-state index >= 15 is 0 Å². The van der Waals surface area contributed by atoms with Crippen molar-refractivity contribution < 1.29 is 5.11 Å². The predicted octanol–water partition coefficient (Wildman–Crippen LogP) is 3.29. The van der Waals surface area contributed by atoms with E-state index in [0.29, 0.717) is 17.9 Å². The van der Waals surface area contributed by atoms with E-state index in [-0.39, 0.29) is 0 Å². The van der Waals surface area contributed by atoms with Gasteiger partial charge in [0.25, 0.3) is 0 Å². The van der Waals surface area contributed by atoms with Crippen LogP contribution in [-0.4, -0.2) is 21.0 Å². The first-order valence-corrected chi connectivity index (χ1v) is 7.25. The molecule has 0 radical (unpaired) electrons. The second-order valence-corrected chi connectivity index (χ2v) is 5.96. The average Bonchev–Trinajstić information content (AvgIpc) is 2.56. The maximum absolute atomic E-state index is 10.2. The topological polar surface area (TPSA) is 38.0 Å². The molecule has 1 atom stereocenters. The summed E-state index contributed by atoms with van der Waals surface area (Å²) >= 11 is 9.61. The van der Waals surface area contributed by atoms with Gasteiger partial charge in [-0.2, -0.15) is 5.10 Å². The van der Waals surface area contributed by atoms with Crippen LogP contribution in [0, 0.1) is 6.92 Å². The molecule has 1 unspecified atom stereocenters. The van der Waals surface area contributed by atoms with E-state index in [1.165, 1.54) is 0 Å². The number of hydrogen-bond donors (Lipinski definition) is 1. The Morgan fingerprint density at radius 1 is 1.42 bits per heavy atom. The molecule has 0 aliphatic carbocycles. The number of hydrogen-bond acceptors (Lipinski definition) is 2. The zero-order valence-corrected chi connectivity index (χ0v) is 13.2. The van der Waals surface area contributed by atoms with E-state index in [1.807, 2.05) is 38.2 Å². The fourth-order valence-corrected chi connectivity index (χ4v) is 2.82. The quantitative estimate of drug-likeness (QED) is 0.925. The number of halogens is 2. The Labute approximate surface area is 126 Å². The second kappa shape index (κ2) is 6.07. The average molecular weight is 344 g/mol. The van der Waals surface area contributed by atoms with Crippen molar-refractivity contribution in [3.05, 3.63) is 50.7 Å². The molecule has 5 heteroatoms. The summed E-state index contributed by atoms with van der Waals surface area (Å²) in [4.78, 5) is 0. The van der Waals surface area contributed by atoms with Crippen molar-refractivity contribution in [3.63, 3.8) is 0 Å². The largest absolute Gasteiger partial charge is 0.392 e. The van der Waals surface area contributed by atoms with Crippen molar-refractivity contribution >= 4 is 27.5 Å². The molecule has 102 valence electrons.